The number of para-hydroxylation sites is 1. The van der Waals surface area contributed by atoms with Gasteiger partial charge in [-0.15, -0.1) is 0 Å². The van der Waals surface area contributed by atoms with Crippen molar-refractivity contribution in [2.24, 2.45) is 14.1 Å². The van der Waals surface area contributed by atoms with E-state index in [1.165, 1.54) is 14.1 Å². The van der Waals surface area contributed by atoms with Gasteiger partial charge in [-0.2, -0.15) is 0 Å². The standard InChI is InChI=1S/C20H23N5O4S/c1-4-5-10-25-17(27)12-8-6-7-9-13(12)22-19(25)30-11-14(26)15-16(21)23(2)20(29)24(3)18(15)28/h6-9H,4-5,10-11,21H2,1-3H3. The van der Waals surface area contributed by atoms with Gasteiger partial charge in [-0.05, 0) is 18.6 Å². The van der Waals surface area contributed by atoms with Crippen LogP contribution in [0, 0.1) is 0 Å². The molecule has 3 rings (SSSR count). The highest BCUT2D eigenvalue weighted by Crippen LogP contribution is 2.20. The van der Waals surface area contributed by atoms with Gasteiger partial charge in [0.05, 0.1) is 16.7 Å². The topological polar surface area (TPSA) is 122 Å². The molecule has 0 amide bonds. The molecule has 30 heavy (non-hydrogen) atoms. The summed E-state index contributed by atoms with van der Waals surface area (Å²) in [6, 6.07) is 7.04. The van der Waals surface area contributed by atoms with Crippen LogP contribution in [0.5, 0.6) is 0 Å². The Bertz CT molecular complexity index is 1310. The van der Waals surface area contributed by atoms with Gasteiger partial charge < -0.3 is 5.73 Å². The van der Waals surface area contributed by atoms with Crippen LogP contribution in [-0.2, 0) is 20.6 Å². The van der Waals surface area contributed by atoms with Crippen LogP contribution in [0.2, 0.25) is 0 Å². The molecule has 9 nitrogen and oxygen atoms in total. The van der Waals surface area contributed by atoms with Crippen molar-refractivity contribution in [3.63, 3.8) is 0 Å². The van der Waals surface area contributed by atoms with E-state index in [-0.39, 0.29) is 22.7 Å². The van der Waals surface area contributed by atoms with Crippen LogP contribution < -0.4 is 22.5 Å². The smallest absolute Gasteiger partial charge is 0.332 e. The zero-order valence-corrected chi connectivity index (χ0v) is 17.9. The average Bonchev–Trinajstić information content (AvgIpc) is 2.74. The number of Topliss-reactive ketones (excluding diaryl/α,β-unsaturated/α-hetero) is 1. The fourth-order valence-corrected chi connectivity index (χ4v) is 3.99. The number of unbranched alkanes of at least 4 members (excludes halogenated alkanes) is 1. The fraction of sp³-hybridized carbons (Fsp3) is 0.350. The molecular formula is C20H23N5O4S. The minimum absolute atomic E-state index is 0.144. The maximum Gasteiger partial charge on any atom is 0.332 e. The number of nitrogens with zero attached hydrogens (tertiary/aromatic N) is 4. The number of anilines is 1. The molecule has 2 heterocycles. The first-order chi connectivity index (χ1) is 14.3. The van der Waals surface area contributed by atoms with Gasteiger partial charge >= 0.3 is 5.69 Å². The molecule has 0 aliphatic rings. The molecule has 0 aliphatic carbocycles. The van der Waals surface area contributed by atoms with Gasteiger partial charge in [-0.3, -0.25) is 28.1 Å². The molecule has 0 fully saturated rings. The van der Waals surface area contributed by atoms with Crippen LogP contribution in [0.3, 0.4) is 0 Å². The number of hydrogen-bond donors (Lipinski definition) is 1. The fourth-order valence-electron chi connectivity index (χ4n) is 3.10. The third kappa shape index (κ3) is 3.82. The Balaban J connectivity index is 2.00. The minimum Gasteiger partial charge on any atom is -0.384 e. The number of nitrogens with two attached hydrogens (primary N) is 1. The lowest BCUT2D eigenvalue weighted by Gasteiger charge is -2.13. The predicted octanol–water partition coefficient (Wildman–Crippen LogP) is 1.15. The molecule has 0 atom stereocenters. The second kappa shape index (κ2) is 8.70. The molecule has 0 saturated heterocycles. The van der Waals surface area contributed by atoms with Crippen molar-refractivity contribution in [3.05, 3.63) is 61.0 Å². The summed E-state index contributed by atoms with van der Waals surface area (Å²) in [5, 5.41) is 0.918. The van der Waals surface area contributed by atoms with Crippen LogP contribution in [0.15, 0.2) is 43.8 Å². The van der Waals surface area contributed by atoms with E-state index in [1.807, 2.05) is 6.92 Å². The Kier molecular flexibility index (Phi) is 6.25. The lowest BCUT2D eigenvalue weighted by atomic mass is 10.2. The number of hydrogen-bond acceptors (Lipinski definition) is 7. The lowest BCUT2D eigenvalue weighted by Crippen LogP contribution is -2.41. The van der Waals surface area contributed by atoms with E-state index < -0.39 is 17.0 Å². The molecule has 0 saturated carbocycles. The minimum atomic E-state index is -0.740. The number of nitrogen functional groups attached to an aromatic ring is 1. The van der Waals surface area contributed by atoms with Crippen LogP contribution in [-0.4, -0.2) is 30.2 Å². The van der Waals surface area contributed by atoms with Crippen molar-refractivity contribution in [2.75, 3.05) is 11.5 Å². The van der Waals surface area contributed by atoms with Gasteiger partial charge in [0, 0.05) is 20.6 Å². The summed E-state index contributed by atoms with van der Waals surface area (Å²) in [6.45, 7) is 2.50. The Morgan fingerprint density at radius 1 is 1.10 bits per heavy atom. The molecule has 2 aromatic heterocycles. The van der Waals surface area contributed by atoms with Crippen molar-refractivity contribution in [1.82, 2.24) is 18.7 Å². The van der Waals surface area contributed by atoms with Crippen molar-refractivity contribution in [1.29, 1.82) is 0 Å². The van der Waals surface area contributed by atoms with E-state index in [4.69, 9.17) is 5.73 Å². The SMILES string of the molecule is CCCCn1c(SCC(=O)c2c(N)n(C)c(=O)n(C)c2=O)nc2ccccc2c1=O. The zero-order valence-electron chi connectivity index (χ0n) is 17.0. The third-order valence-electron chi connectivity index (χ3n) is 4.88. The monoisotopic (exact) mass is 429 g/mol. The van der Waals surface area contributed by atoms with Crippen molar-refractivity contribution < 1.29 is 4.79 Å². The van der Waals surface area contributed by atoms with Crippen molar-refractivity contribution in [3.8, 4) is 0 Å². The number of thioether (sulfide) groups is 1. The highest BCUT2D eigenvalue weighted by Gasteiger charge is 2.21. The number of carbonyl (C=O) groups excluding carboxylic acids is 1. The van der Waals surface area contributed by atoms with Crippen LogP contribution in [0.1, 0.15) is 30.1 Å². The van der Waals surface area contributed by atoms with Crippen LogP contribution in [0.25, 0.3) is 10.9 Å². The molecule has 2 N–H and O–H groups in total. The number of carbonyl (C=O) groups is 1. The molecule has 0 bridgehead atoms. The van der Waals surface area contributed by atoms with E-state index in [0.717, 1.165) is 33.7 Å². The summed E-state index contributed by atoms with van der Waals surface area (Å²) < 4.78 is 3.47. The lowest BCUT2D eigenvalue weighted by molar-refractivity contribution is 0.102. The maximum absolute atomic E-state index is 12.9. The molecule has 1 aromatic carbocycles. The van der Waals surface area contributed by atoms with Crippen LogP contribution >= 0.6 is 11.8 Å². The molecule has 0 aliphatic heterocycles. The van der Waals surface area contributed by atoms with Gasteiger partial charge in [-0.25, -0.2) is 9.78 Å². The Labute approximate surface area is 176 Å². The Morgan fingerprint density at radius 2 is 1.80 bits per heavy atom. The van der Waals surface area contributed by atoms with E-state index in [2.05, 4.69) is 4.98 Å². The summed E-state index contributed by atoms with van der Waals surface area (Å²) in [4.78, 5) is 54.6. The number of ketones is 1. The molecular weight excluding hydrogens is 406 g/mol. The largest absolute Gasteiger partial charge is 0.384 e. The molecule has 0 radical (unpaired) electrons. The summed E-state index contributed by atoms with van der Waals surface area (Å²) in [7, 11) is 2.69. The predicted molar refractivity (Wildman–Crippen MR) is 117 cm³/mol. The van der Waals surface area contributed by atoms with E-state index in [0.29, 0.717) is 22.6 Å². The molecule has 10 heteroatoms. The first-order valence-corrected chi connectivity index (χ1v) is 10.5. The highest BCUT2D eigenvalue weighted by molar-refractivity contribution is 7.99. The van der Waals surface area contributed by atoms with Crippen molar-refractivity contribution in [2.45, 2.75) is 31.5 Å². The van der Waals surface area contributed by atoms with E-state index in [9.17, 15) is 19.2 Å². The second-order valence-corrected chi connectivity index (χ2v) is 7.84. The first-order valence-electron chi connectivity index (χ1n) is 9.49. The van der Waals surface area contributed by atoms with Crippen molar-refractivity contribution >= 4 is 34.3 Å². The highest BCUT2D eigenvalue weighted by atomic mass is 32.2. The Morgan fingerprint density at radius 3 is 2.50 bits per heavy atom. The zero-order chi connectivity index (χ0) is 22.0. The second-order valence-electron chi connectivity index (χ2n) is 6.90. The summed E-state index contributed by atoms with van der Waals surface area (Å²) in [5.41, 5.74) is 4.66. The normalized spacial score (nSPS) is 11.2. The number of fused-ring (bicyclic) bond motifs is 1. The molecule has 158 valence electrons. The number of aromatic nitrogens is 4. The third-order valence-corrected chi connectivity index (χ3v) is 5.86. The summed E-state index contributed by atoms with van der Waals surface area (Å²) in [6.07, 6.45) is 1.68. The molecule has 0 spiro atoms. The van der Waals surface area contributed by atoms with Gasteiger partial charge in [0.25, 0.3) is 11.1 Å². The number of benzene rings is 1. The number of rotatable bonds is 7. The summed E-state index contributed by atoms with van der Waals surface area (Å²) in [5.74, 6) is -0.851. The quantitative estimate of drug-likeness (QED) is 0.340. The van der Waals surface area contributed by atoms with E-state index >= 15 is 0 Å². The summed E-state index contributed by atoms with van der Waals surface area (Å²) >= 11 is 1.07. The first kappa shape index (κ1) is 21.6. The average molecular weight is 430 g/mol. The molecule has 3 aromatic rings. The van der Waals surface area contributed by atoms with Crippen LogP contribution in [0.4, 0.5) is 5.82 Å². The van der Waals surface area contributed by atoms with Gasteiger partial charge in [0.15, 0.2) is 10.9 Å². The van der Waals surface area contributed by atoms with Gasteiger partial charge in [0.2, 0.25) is 0 Å². The van der Waals surface area contributed by atoms with Gasteiger partial charge in [0.1, 0.15) is 11.4 Å². The van der Waals surface area contributed by atoms with E-state index in [1.54, 1.807) is 28.8 Å². The molecule has 0 unspecified atom stereocenters. The van der Waals surface area contributed by atoms with Gasteiger partial charge in [-0.1, -0.05) is 37.2 Å². The Hall–Kier alpha value is -3.14. The maximum atomic E-state index is 12.9.